The van der Waals surface area contributed by atoms with Gasteiger partial charge >= 0.3 is 6.03 Å². The SMILES string of the molecule is CC[C@@H](C)NC(=O)Nc1ccccc1OCCCOC. The summed E-state index contributed by atoms with van der Waals surface area (Å²) in [5.74, 6) is 0.669. The molecule has 0 aliphatic carbocycles. The third-order valence-electron chi connectivity index (χ3n) is 2.88. The lowest BCUT2D eigenvalue weighted by molar-refractivity contribution is 0.172. The van der Waals surface area contributed by atoms with Crippen molar-refractivity contribution in [3.63, 3.8) is 0 Å². The fraction of sp³-hybridized carbons (Fsp3) is 0.533. The van der Waals surface area contributed by atoms with Crippen molar-refractivity contribution in [3.8, 4) is 5.75 Å². The number of urea groups is 1. The van der Waals surface area contributed by atoms with E-state index in [1.807, 2.05) is 38.1 Å². The molecule has 0 unspecified atom stereocenters. The Morgan fingerprint density at radius 1 is 1.30 bits per heavy atom. The van der Waals surface area contributed by atoms with Crippen LogP contribution < -0.4 is 15.4 Å². The van der Waals surface area contributed by atoms with Gasteiger partial charge in [0.1, 0.15) is 5.75 Å². The molecule has 0 spiro atoms. The summed E-state index contributed by atoms with van der Waals surface area (Å²) < 4.78 is 10.6. The number of rotatable bonds is 8. The van der Waals surface area contributed by atoms with E-state index in [1.165, 1.54) is 0 Å². The number of hydrogen-bond donors (Lipinski definition) is 2. The lowest BCUT2D eigenvalue weighted by Gasteiger charge is -2.15. The van der Waals surface area contributed by atoms with Crippen LogP contribution in [0.5, 0.6) is 5.75 Å². The first-order valence-electron chi connectivity index (χ1n) is 6.95. The van der Waals surface area contributed by atoms with Crippen molar-refractivity contribution in [2.24, 2.45) is 0 Å². The van der Waals surface area contributed by atoms with Gasteiger partial charge in [0, 0.05) is 26.2 Å². The summed E-state index contributed by atoms with van der Waals surface area (Å²) in [6.45, 7) is 5.20. The molecule has 112 valence electrons. The summed E-state index contributed by atoms with van der Waals surface area (Å²) in [5.41, 5.74) is 0.672. The highest BCUT2D eigenvalue weighted by Gasteiger charge is 2.09. The quantitative estimate of drug-likeness (QED) is 0.720. The molecule has 0 fully saturated rings. The molecule has 0 aliphatic heterocycles. The number of carbonyl (C=O) groups is 1. The Morgan fingerprint density at radius 3 is 2.75 bits per heavy atom. The Kier molecular flexibility index (Phi) is 7.50. The second kappa shape index (κ2) is 9.20. The van der Waals surface area contributed by atoms with Crippen LogP contribution in [0.4, 0.5) is 10.5 Å². The zero-order chi connectivity index (χ0) is 14.8. The van der Waals surface area contributed by atoms with Gasteiger partial charge in [-0.05, 0) is 25.5 Å². The van der Waals surface area contributed by atoms with E-state index < -0.39 is 0 Å². The van der Waals surface area contributed by atoms with Crippen molar-refractivity contribution >= 4 is 11.7 Å². The average Bonchev–Trinajstić information content (AvgIpc) is 2.45. The number of carbonyl (C=O) groups excluding carboxylic acids is 1. The predicted molar refractivity (Wildman–Crippen MR) is 80.3 cm³/mol. The number of benzene rings is 1. The molecule has 0 saturated carbocycles. The third-order valence-corrected chi connectivity index (χ3v) is 2.88. The molecule has 0 bridgehead atoms. The van der Waals surface area contributed by atoms with Crippen LogP contribution in [0.1, 0.15) is 26.7 Å². The molecule has 2 N–H and O–H groups in total. The average molecular weight is 280 g/mol. The van der Waals surface area contributed by atoms with Crippen LogP contribution in [-0.2, 0) is 4.74 Å². The highest BCUT2D eigenvalue weighted by atomic mass is 16.5. The topological polar surface area (TPSA) is 59.6 Å². The molecule has 0 radical (unpaired) electrons. The molecule has 1 aromatic carbocycles. The lowest BCUT2D eigenvalue weighted by Crippen LogP contribution is -2.35. The van der Waals surface area contributed by atoms with Crippen LogP contribution in [0.25, 0.3) is 0 Å². The van der Waals surface area contributed by atoms with Crippen LogP contribution >= 0.6 is 0 Å². The Balaban J connectivity index is 2.54. The Morgan fingerprint density at radius 2 is 2.05 bits per heavy atom. The van der Waals surface area contributed by atoms with Gasteiger partial charge < -0.3 is 20.1 Å². The monoisotopic (exact) mass is 280 g/mol. The normalized spacial score (nSPS) is 11.8. The van der Waals surface area contributed by atoms with Gasteiger partial charge in [-0.2, -0.15) is 0 Å². The summed E-state index contributed by atoms with van der Waals surface area (Å²) in [6.07, 6.45) is 1.70. The van der Waals surface area contributed by atoms with E-state index in [9.17, 15) is 4.79 Å². The van der Waals surface area contributed by atoms with E-state index in [0.29, 0.717) is 24.7 Å². The van der Waals surface area contributed by atoms with Crippen molar-refractivity contribution in [2.45, 2.75) is 32.7 Å². The number of hydrogen-bond acceptors (Lipinski definition) is 3. The highest BCUT2D eigenvalue weighted by molar-refractivity contribution is 5.91. The number of anilines is 1. The Bertz CT molecular complexity index is 410. The molecule has 0 aliphatic rings. The van der Waals surface area contributed by atoms with Gasteiger partial charge in [0.05, 0.1) is 12.3 Å². The van der Waals surface area contributed by atoms with Crippen molar-refractivity contribution < 1.29 is 14.3 Å². The second-order valence-electron chi connectivity index (χ2n) is 4.60. The molecule has 2 amide bonds. The lowest BCUT2D eigenvalue weighted by atomic mass is 10.2. The molecule has 0 saturated heterocycles. The van der Waals surface area contributed by atoms with Gasteiger partial charge in [-0.15, -0.1) is 0 Å². The standard InChI is InChI=1S/C15H24N2O3/c1-4-12(2)16-15(18)17-13-8-5-6-9-14(13)20-11-7-10-19-3/h5-6,8-9,12H,4,7,10-11H2,1-3H3,(H2,16,17,18)/t12-/m1/s1. The zero-order valence-electron chi connectivity index (χ0n) is 12.4. The summed E-state index contributed by atoms with van der Waals surface area (Å²) in [7, 11) is 1.66. The van der Waals surface area contributed by atoms with Crippen molar-refractivity contribution in [2.75, 3.05) is 25.6 Å². The number of amides is 2. The Labute approximate surface area is 120 Å². The molecule has 1 atom stereocenters. The van der Waals surface area contributed by atoms with Gasteiger partial charge in [0.2, 0.25) is 0 Å². The largest absolute Gasteiger partial charge is 0.491 e. The fourth-order valence-corrected chi connectivity index (χ4v) is 1.57. The fourth-order valence-electron chi connectivity index (χ4n) is 1.57. The summed E-state index contributed by atoms with van der Waals surface area (Å²) in [4.78, 5) is 11.8. The minimum atomic E-state index is -0.215. The first kappa shape index (κ1) is 16.3. The maximum atomic E-state index is 11.8. The molecule has 5 nitrogen and oxygen atoms in total. The minimum absolute atomic E-state index is 0.143. The maximum absolute atomic E-state index is 11.8. The molecule has 0 aromatic heterocycles. The van der Waals surface area contributed by atoms with Crippen LogP contribution in [0, 0.1) is 0 Å². The Hall–Kier alpha value is -1.75. The summed E-state index contributed by atoms with van der Waals surface area (Å²) in [6, 6.07) is 7.33. The van der Waals surface area contributed by atoms with Gasteiger partial charge in [0.25, 0.3) is 0 Å². The van der Waals surface area contributed by atoms with Crippen LogP contribution in [0.15, 0.2) is 24.3 Å². The van der Waals surface area contributed by atoms with Crippen LogP contribution in [0.2, 0.25) is 0 Å². The van der Waals surface area contributed by atoms with Gasteiger partial charge in [0.15, 0.2) is 0 Å². The van der Waals surface area contributed by atoms with Gasteiger partial charge in [-0.25, -0.2) is 4.79 Å². The van der Waals surface area contributed by atoms with Crippen molar-refractivity contribution in [3.05, 3.63) is 24.3 Å². The molecule has 1 aromatic rings. The summed E-state index contributed by atoms with van der Waals surface area (Å²) >= 11 is 0. The van der Waals surface area contributed by atoms with Gasteiger partial charge in [-0.1, -0.05) is 19.1 Å². The zero-order valence-corrected chi connectivity index (χ0v) is 12.4. The highest BCUT2D eigenvalue weighted by Crippen LogP contribution is 2.23. The molecule has 20 heavy (non-hydrogen) atoms. The first-order valence-corrected chi connectivity index (χ1v) is 6.95. The minimum Gasteiger partial charge on any atom is -0.491 e. The molecule has 0 heterocycles. The van der Waals surface area contributed by atoms with Crippen LogP contribution in [0.3, 0.4) is 0 Å². The second-order valence-corrected chi connectivity index (χ2v) is 4.60. The van der Waals surface area contributed by atoms with E-state index in [2.05, 4.69) is 10.6 Å². The van der Waals surface area contributed by atoms with E-state index in [-0.39, 0.29) is 12.1 Å². The molecular weight excluding hydrogens is 256 g/mol. The number of ether oxygens (including phenoxy) is 2. The van der Waals surface area contributed by atoms with Crippen molar-refractivity contribution in [1.82, 2.24) is 5.32 Å². The first-order chi connectivity index (χ1) is 9.67. The van der Waals surface area contributed by atoms with E-state index in [4.69, 9.17) is 9.47 Å². The van der Waals surface area contributed by atoms with E-state index in [1.54, 1.807) is 7.11 Å². The maximum Gasteiger partial charge on any atom is 0.319 e. The molecule has 1 rings (SSSR count). The number of para-hydroxylation sites is 2. The predicted octanol–water partition coefficient (Wildman–Crippen LogP) is 3.02. The molecular formula is C15H24N2O3. The summed E-state index contributed by atoms with van der Waals surface area (Å²) in [5, 5.41) is 5.67. The number of methoxy groups -OCH3 is 1. The van der Waals surface area contributed by atoms with E-state index in [0.717, 1.165) is 12.8 Å². The van der Waals surface area contributed by atoms with Crippen LogP contribution in [-0.4, -0.2) is 32.4 Å². The van der Waals surface area contributed by atoms with E-state index >= 15 is 0 Å². The van der Waals surface area contributed by atoms with Gasteiger partial charge in [-0.3, -0.25) is 0 Å². The van der Waals surface area contributed by atoms with Crippen molar-refractivity contribution in [1.29, 1.82) is 0 Å². The molecule has 5 heteroatoms. The smallest absolute Gasteiger partial charge is 0.319 e. The number of nitrogens with one attached hydrogen (secondary N) is 2. The third kappa shape index (κ3) is 5.93.